The fourth-order valence-electron chi connectivity index (χ4n) is 5.78. The Hall–Kier alpha value is -1.06. The van der Waals surface area contributed by atoms with E-state index in [0.717, 1.165) is 0 Å². The minimum absolute atomic E-state index is 0. The molecule has 188 valence electrons. The van der Waals surface area contributed by atoms with Gasteiger partial charge in [-0.3, -0.25) is 6.08 Å². The molecule has 1 aliphatic rings. The molecule has 1 unspecified atom stereocenters. The van der Waals surface area contributed by atoms with E-state index >= 15 is 0 Å². The quantitative estimate of drug-likeness (QED) is 0.172. The number of benzene rings is 3. The maximum atomic E-state index is 3.73. The Morgan fingerprint density at radius 3 is 1.03 bits per heavy atom. The predicted octanol–water partition coefficient (Wildman–Crippen LogP) is -3.12. The van der Waals surface area contributed by atoms with Crippen LogP contribution in [0.5, 0.6) is 0 Å². The third-order valence-corrected chi connectivity index (χ3v) is 11.4. The van der Waals surface area contributed by atoms with Crippen molar-refractivity contribution in [3.63, 3.8) is 0 Å². The first-order chi connectivity index (χ1) is 15.1. The molecule has 3 aromatic rings. The van der Waals surface area contributed by atoms with Crippen molar-refractivity contribution in [2.45, 2.75) is 55.4 Å². The van der Waals surface area contributed by atoms with E-state index in [4.69, 9.17) is 0 Å². The van der Waals surface area contributed by atoms with Crippen molar-refractivity contribution in [1.29, 1.82) is 0 Å². The zero-order valence-electron chi connectivity index (χ0n) is 22.5. The SMILES string of the molecule is CC1=[C-]C(C)C=C1[Si](c1cc(C)cc(C)c1)(c1cc(C)cc(C)c1)c1cc(C)cc(C)c1.[Cl-].[Cl-].[Cl-].[Ti+4]. The molecule has 36 heavy (non-hydrogen) atoms. The van der Waals surface area contributed by atoms with E-state index in [1.807, 2.05) is 0 Å². The summed E-state index contributed by atoms with van der Waals surface area (Å²) in [5.74, 6) is 0.347. The van der Waals surface area contributed by atoms with Crippen LogP contribution >= 0.6 is 0 Å². The molecule has 0 aliphatic heterocycles. The van der Waals surface area contributed by atoms with Gasteiger partial charge in [-0.05, 0) is 41.5 Å². The van der Waals surface area contributed by atoms with Crippen molar-refractivity contribution in [3.8, 4) is 0 Å². The normalized spacial score (nSPS) is 14.4. The molecule has 0 bridgehead atoms. The fraction of sp³-hybridized carbons (Fsp3) is 0.290. The van der Waals surface area contributed by atoms with Crippen molar-refractivity contribution in [1.82, 2.24) is 0 Å². The van der Waals surface area contributed by atoms with E-state index in [-0.39, 0.29) is 58.9 Å². The molecule has 0 fully saturated rings. The molecule has 5 heteroatoms. The van der Waals surface area contributed by atoms with Gasteiger partial charge in [-0.25, -0.2) is 5.57 Å². The zero-order valence-corrected chi connectivity index (χ0v) is 27.3. The second-order valence-electron chi connectivity index (χ2n) is 10.0. The number of rotatable bonds is 4. The maximum Gasteiger partial charge on any atom is 4.00 e. The Kier molecular flexibility index (Phi) is 13.3. The topological polar surface area (TPSA) is 0 Å². The molecule has 3 aromatic carbocycles. The van der Waals surface area contributed by atoms with Crippen molar-refractivity contribution in [2.75, 3.05) is 0 Å². The fourth-order valence-corrected chi connectivity index (χ4v) is 11.5. The molecule has 0 amide bonds. The van der Waals surface area contributed by atoms with Gasteiger partial charge in [0.05, 0.1) is 8.07 Å². The number of allylic oxidation sites excluding steroid dienone is 4. The summed E-state index contributed by atoms with van der Waals surface area (Å²) >= 11 is 0. The van der Waals surface area contributed by atoms with Gasteiger partial charge in [0, 0.05) is 0 Å². The Morgan fingerprint density at radius 2 is 0.806 bits per heavy atom. The Bertz CT molecular complexity index is 1090. The largest absolute Gasteiger partial charge is 4.00 e. The minimum Gasteiger partial charge on any atom is -1.00 e. The molecule has 0 spiro atoms. The van der Waals surface area contributed by atoms with E-state index in [1.165, 1.54) is 59.7 Å². The van der Waals surface area contributed by atoms with Crippen LogP contribution in [-0.2, 0) is 21.7 Å². The first-order valence-electron chi connectivity index (χ1n) is 11.7. The molecular formula is C31H35Cl3SiTi. The van der Waals surface area contributed by atoms with Crippen LogP contribution in [0.4, 0.5) is 0 Å². The van der Waals surface area contributed by atoms with Crippen LogP contribution in [0, 0.1) is 53.5 Å². The van der Waals surface area contributed by atoms with Gasteiger partial charge < -0.3 is 37.2 Å². The summed E-state index contributed by atoms with van der Waals surface area (Å²) in [6.07, 6.45) is 6.22. The monoisotopic (exact) mass is 588 g/mol. The van der Waals surface area contributed by atoms with Gasteiger partial charge in [0.15, 0.2) is 0 Å². The molecule has 1 aliphatic carbocycles. The van der Waals surface area contributed by atoms with Gasteiger partial charge in [0.2, 0.25) is 0 Å². The summed E-state index contributed by atoms with van der Waals surface area (Å²) in [5, 5.41) is 5.94. The molecule has 0 saturated heterocycles. The smallest absolute Gasteiger partial charge is 1.00 e. The van der Waals surface area contributed by atoms with Crippen LogP contribution in [0.25, 0.3) is 0 Å². The number of hydrogen-bond donors (Lipinski definition) is 0. The second kappa shape index (κ2) is 13.7. The number of aryl methyl sites for hydroxylation is 6. The van der Waals surface area contributed by atoms with Crippen LogP contribution < -0.4 is 52.8 Å². The molecule has 0 aromatic heterocycles. The molecular weight excluding hydrogens is 555 g/mol. The van der Waals surface area contributed by atoms with Crippen molar-refractivity contribution >= 4 is 23.6 Å². The summed E-state index contributed by atoms with van der Waals surface area (Å²) in [5.41, 5.74) is 9.34. The summed E-state index contributed by atoms with van der Waals surface area (Å²) in [6.45, 7) is 17.9. The van der Waals surface area contributed by atoms with E-state index < -0.39 is 8.07 Å². The van der Waals surface area contributed by atoms with Crippen molar-refractivity contribution in [3.05, 3.63) is 111 Å². The third kappa shape index (κ3) is 6.68. The molecule has 4 rings (SSSR count). The Balaban J connectivity index is 0.00000306. The molecule has 0 nitrogen and oxygen atoms in total. The summed E-state index contributed by atoms with van der Waals surface area (Å²) in [6, 6.07) is 21.6. The summed E-state index contributed by atoms with van der Waals surface area (Å²) in [4.78, 5) is 0. The van der Waals surface area contributed by atoms with E-state index in [2.05, 4.69) is 122 Å². The van der Waals surface area contributed by atoms with Gasteiger partial charge in [0.25, 0.3) is 0 Å². The van der Waals surface area contributed by atoms with Crippen molar-refractivity contribution < 1.29 is 58.9 Å². The van der Waals surface area contributed by atoms with E-state index in [9.17, 15) is 0 Å². The number of halogens is 3. The first kappa shape index (κ1) is 34.9. The molecule has 0 radical (unpaired) electrons. The van der Waals surface area contributed by atoms with Crippen LogP contribution in [0.1, 0.15) is 47.2 Å². The molecule has 0 N–H and O–H groups in total. The number of hydrogen-bond acceptors (Lipinski definition) is 0. The Labute approximate surface area is 253 Å². The van der Waals surface area contributed by atoms with Gasteiger partial charge in [0.1, 0.15) is 0 Å². The molecule has 0 heterocycles. The second-order valence-corrected chi connectivity index (χ2v) is 13.8. The predicted molar refractivity (Wildman–Crippen MR) is 142 cm³/mol. The van der Waals surface area contributed by atoms with E-state index in [0.29, 0.717) is 5.92 Å². The minimum atomic E-state index is -2.52. The molecule has 1 atom stereocenters. The zero-order chi connectivity index (χ0) is 23.2. The Morgan fingerprint density at radius 1 is 0.528 bits per heavy atom. The van der Waals surface area contributed by atoms with Crippen LogP contribution in [0.2, 0.25) is 0 Å². The standard InChI is InChI=1S/C31H35Si.3ClH.Ti/c1-20-9-21(2)14-28(13-20)32(31-19-26(7)12-27(31)8,29-15-22(3)10-23(4)16-29)30-17-24(5)11-25(6)18-30;;;;/h9-11,13-19,26H,1-8H3;3*1H;/q-1;;;;+4/p-3. The van der Waals surface area contributed by atoms with Gasteiger partial charge in [-0.15, -0.1) is 0 Å². The third-order valence-electron chi connectivity index (χ3n) is 6.63. The van der Waals surface area contributed by atoms with Gasteiger partial charge >= 0.3 is 21.7 Å². The average Bonchev–Trinajstić information content (AvgIpc) is 2.98. The maximum absolute atomic E-state index is 3.73. The summed E-state index contributed by atoms with van der Waals surface area (Å²) in [7, 11) is -2.52. The van der Waals surface area contributed by atoms with E-state index in [1.54, 1.807) is 0 Å². The average molecular weight is 590 g/mol. The molecule has 0 saturated carbocycles. The van der Waals surface area contributed by atoms with Crippen molar-refractivity contribution in [2.24, 2.45) is 5.92 Å². The van der Waals surface area contributed by atoms with Crippen LogP contribution in [0.15, 0.2) is 71.4 Å². The van der Waals surface area contributed by atoms with Gasteiger partial charge in [-0.1, -0.05) is 123 Å². The van der Waals surface area contributed by atoms with Crippen LogP contribution in [0.3, 0.4) is 0 Å². The van der Waals surface area contributed by atoms with Gasteiger partial charge in [-0.2, -0.15) is 11.3 Å². The van der Waals surface area contributed by atoms with Crippen LogP contribution in [-0.4, -0.2) is 8.07 Å². The summed E-state index contributed by atoms with van der Waals surface area (Å²) < 4.78 is 0. The first-order valence-corrected chi connectivity index (χ1v) is 13.7.